The highest BCUT2D eigenvalue weighted by molar-refractivity contribution is 4.88. The number of aromatic nitrogens is 2. The predicted octanol–water partition coefficient (Wildman–Crippen LogP) is 2.37. The van der Waals surface area contributed by atoms with E-state index in [0.717, 1.165) is 19.6 Å². The molecule has 1 aliphatic heterocycles. The molecule has 0 saturated carbocycles. The van der Waals surface area contributed by atoms with Gasteiger partial charge in [-0.25, -0.2) is 4.98 Å². The first-order valence-electron chi connectivity index (χ1n) is 7.90. The first kappa shape index (κ1) is 15.5. The Kier molecular flexibility index (Phi) is 5.22. The highest BCUT2D eigenvalue weighted by Gasteiger charge is 2.30. The first-order valence-corrected chi connectivity index (χ1v) is 7.90. The van der Waals surface area contributed by atoms with Gasteiger partial charge in [-0.3, -0.25) is 4.90 Å². The number of hydrogen-bond acceptors (Lipinski definition) is 3. The van der Waals surface area contributed by atoms with Crippen LogP contribution in [0.4, 0.5) is 0 Å². The van der Waals surface area contributed by atoms with Gasteiger partial charge in [0, 0.05) is 44.1 Å². The van der Waals surface area contributed by atoms with E-state index in [1.807, 2.05) is 18.7 Å². The van der Waals surface area contributed by atoms with Crippen molar-refractivity contribution in [1.29, 1.82) is 0 Å². The number of aryl methyl sites for hydroxylation is 1. The van der Waals surface area contributed by atoms with E-state index >= 15 is 0 Å². The van der Waals surface area contributed by atoms with E-state index < -0.39 is 0 Å². The molecule has 1 aliphatic rings. The van der Waals surface area contributed by atoms with Crippen LogP contribution in [0.2, 0.25) is 0 Å². The van der Waals surface area contributed by atoms with Gasteiger partial charge in [0.2, 0.25) is 0 Å². The minimum atomic E-state index is 0.326. The largest absolute Gasteiger partial charge is 0.337 e. The predicted molar refractivity (Wildman–Crippen MR) is 83.7 cm³/mol. The van der Waals surface area contributed by atoms with Gasteiger partial charge in [0.05, 0.1) is 6.33 Å². The van der Waals surface area contributed by atoms with Gasteiger partial charge in [0.1, 0.15) is 0 Å². The van der Waals surface area contributed by atoms with Gasteiger partial charge in [-0.05, 0) is 31.7 Å². The van der Waals surface area contributed by atoms with Crippen molar-refractivity contribution in [2.45, 2.75) is 59.2 Å². The Hall–Kier alpha value is -0.870. The average Bonchev–Trinajstić information content (AvgIpc) is 2.80. The zero-order valence-electron chi connectivity index (χ0n) is 13.5. The fourth-order valence-corrected chi connectivity index (χ4v) is 2.90. The lowest BCUT2D eigenvalue weighted by atomic mass is 9.86. The van der Waals surface area contributed by atoms with Gasteiger partial charge >= 0.3 is 0 Å². The Balaban J connectivity index is 1.86. The molecule has 1 aromatic rings. The standard InChI is InChI=1S/C16H30N4/c1-14-6-7-18-15(16(2,3)4)12-20(14)10-5-9-19-11-8-17-13-19/h8,11,13-15,18H,5-7,9-10,12H2,1-4H3. The molecule has 4 nitrogen and oxygen atoms in total. The summed E-state index contributed by atoms with van der Waals surface area (Å²) in [6.07, 6.45) is 8.25. The fourth-order valence-electron chi connectivity index (χ4n) is 2.90. The van der Waals surface area contributed by atoms with Crippen LogP contribution in [0.15, 0.2) is 18.7 Å². The highest BCUT2D eigenvalue weighted by atomic mass is 15.2. The second-order valence-electron chi connectivity index (χ2n) is 7.16. The smallest absolute Gasteiger partial charge is 0.0945 e. The molecular weight excluding hydrogens is 248 g/mol. The molecule has 1 aromatic heterocycles. The molecule has 2 rings (SSSR count). The van der Waals surface area contributed by atoms with Gasteiger partial charge < -0.3 is 9.88 Å². The maximum Gasteiger partial charge on any atom is 0.0945 e. The molecule has 0 bridgehead atoms. The Morgan fingerprint density at radius 3 is 2.75 bits per heavy atom. The van der Waals surface area contributed by atoms with Crippen LogP contribution >= 0.6 is 0 Å². The molecule has 2 unspecified atom stereocenters. The third-order valence-electron chi connectivity index (χ3n) is 4.46. The topological polar surface area (TPSA) is 33.1 Å². The lowest BCUT2D eigenvalue weighted by molar-refractivity contribution is 0.161. The van der Waals surface area contributed by atoms with E-state index in [0.29, 0.717) is 17.5 Å². The Bertz CT molecular complexity index is 380. The maximum absolute atomic E-state index is 4.10. The van der Waals surface area contributed by atoms with Crippen molar-refractivity contribution in [3.8, 4) is 0 Å². The summed E-state index contributed by atoms with van der Waals surface area (Å²) in [7, 11) is 0. The van der Waals surface area contributed by atoms with Crippen LogP contribution in [-0.4, -0.2) is 46.2 Å². The lowest BCUT2D eigenvalue weighted by Gasteiger charge is -2.35. The second kappa shape index (κ2) is 6.72. The summed E-state index contributed by atoms with van der Waals surface area (Å²) >= 11 is 0. The zero-order chi connectivity index (χ0) is 14.6. The van der Waals surface area contributed by atoms with Gasteiger partial charge in [0.25, 0.3) is 0 Å². The summed E-state index contributed by atoms with van der Waals surface area (Å²) in [4.78, 5) is 6.76. The lowest BCUT2D eigenvalue weighted by Crippen LogP contribution is -2.47. The molecule has 2 heterocycles. The van der Waals surface area contributed by atoms with Crippen LogP contribution in [0.25, 0.3) is 0 Å². The molecule has 4 heteroatoms. The van der Waals surface area contributed by atoms with Crippen LogP contribution in [0, 0.1) is 5.41 Å². The molecule has 1 saturated heterocycles. The molecule has 0 aromatic carbocycles. The van der Waals surface area contributed by atoms with Gasteiger partial charge in [-0.2, -0.15) is 0 Å². The van der Waals surface area contributed by atoms with E-state index in [1.165, 1.54) is 19.4 Å². The summed E-state index contributed by atoms with van der Waals surface area (Å²) in [5.74, 6) is 0. The van der Waals surface area contributed by atoms with Crippen molar-refractivity contribution < 1.29 is 0 Å². The van der Waals surface area contributed by atoms with E-state index in [1.54, 1.807) is 0 Å². The van der Waals surface area contributed by atoms with Crippen molar-refractivity contribution in [2.75, 3.05) is 19.6 Å². The molecule has 1 fully saturated rings. The number of hydrogen-bond donors (Lipinski definition) is 1. The van der Waals surface area contributed by atoms with E-state index in [2.05, 4.69) is 47.5 Å². The van der Waals surface area contributed by atoms with Crippen molar-refractivity contribution in [2.24, 2.45) is 5.41 Å². The molecule has 0 radical (unpaired) electrons. The quantitative estimate of drug-likeness (QED) is 0.918. The molecule has 20 heavy (non-hydrogen) atoms. The summed E-state index contributed by atoms with van der Waals surface area (Å²) in [6.45, 7) is 13.9. The van der Waals surface area contributed by atoms with Crippen LogP contribution in [-0.2, 0) is 6.54 Å². The molecular formula is C16H30N4. The minimum Gasteiger partial charge on any atom is -0.337 e. The minimum absolute atomic E-state index is 0.326. The normalized spacial score (nSPS) is 25.6. The second-order valence-corrected chi connectivity index (χ2v) is 7.16. The van der Waals surface area contributed by atoms with Crippen LogP contribution in [0.5, 0.6) is 0 Å². The summed E-state index contributed by atoms with van der Waals surface area (Å²) < 4.78 is 2.17. The summed E-state index contributed by atoms with van der Waals surface area (Å²) in [5.41, 5.74) is 0.326. The van der Waals surface area contributed by atoms with Crippen molar-refractivity contribution in [1.82, 2.24) is 19.8 Å². The SMILES string of the molecule is CC1CCNC(C(C)(C)C)CN1CCCn1ccnc1. The number of rotatable bonds is 4. The number of nitrogens with zero attached hydrogens (tertiary/aromatic N) is 3. The van der Waals surface area contributed by atoms with E-state index in [9.17, 15) is 0 Å². The Morgan fingerprint density at radius 1 is 1.30 bits per heavy atom. The molecule has 1 N–H and O–H groups in total. The number of imidazole rings is 1. The summed E-state index contributed by atoms with van der Waals surface area (Å²) in [6, 6.07) is 1.26. The third-order valence-corrected chi connectivity index (χ3v) is 4.46. The summed E-state index contributed by atoms with van der Waals surface area (Å²) in [5, 5.41) is 3.73. The van der Waals surface area contributed by atoms with Crippen LogP contribution < -0.4 is 5.32 Å². The zero-order valence-corrected chi connectivity index (χ0v) is 13.5. The molecule has 0 spiro atoms. The third kappa shape index (κ3) is 4.32. The van der Waals surface area contributed by atoms with Gasteiger partial charge in [0.15, 0.2) is 0 Å². The number of nitrogens with one attached hydrogen (secondary N) is 1. The molecule has 0 aliphatic carbocycles. The highest BCUT2D eigenvalue weighted by Crippen LogP contribution is 2.23. The van der Waals surface area contributed by atoms with Crippen LogP contribution in [0.3, 0.4) is 0 Å². The molecule has 2 atom stereocenters. The average molecular weight is 278 g/mol. The maximum atomic E-state index is 4.10. The molecule has 0 amide bonds. The van der Waals surface area contributed by atoms with Crippen molar-refractivity contribution in [3.05, 3.63) is 18.7 Å². The van der Waals surface area contributed by atoms with Crippen molar-refractivity contribution >= 4 is 0 Å². The van der Waals surface area contributed by atoms with Gasteiger partial charge in [-0.15, -0.1) is 0 Å². The van der Waals surface area contributed by atoms with Gasteiger partial charge in [-0.1, -0.05) is 20.8 Å². The van der Waals surface area contributed by atoms with E-state index in [4.69, 9.17) is 0 Å². The van der Waals surface area contributed by atoms with Crippen molar-refractivity contribution in [3.63, 3.8) is 0 Å². The Labute approximate surface area is 123 Å². The molecule has 114 valence electrons. The Morgan fingerprint density at radius 2 is 2.10 bits per heavy atom. The van der Waals surface area contributed by atoms with E-state index in [-0.39, 0.29) is 0 Å². The monoisotopic (exact) mass is 278 g/mol. The fraction of sp³-hybridized carbons (Fsp3) is 0.812. The van der Waals surface area contributed by atoms with Crippen LogP contribution in [0.1, 0.15) is 40.5 Å². The first-order chi connectivity index (χ1) is 9.47.